The fourth-order valence-electron chi connectivity index (χ4n) is 6.87. The van der Waals surface area contributed by atoms with Gasteiger partial charge in [0.1, 0.15) is 17.4 Å². The van der Waals surface area contributed by atoms with Crippen LogP contribution in [0.2, 0.25) is 0 Å². The zero-order valence-electron chi connectivity index (χ0n) is 20.8. The second kappa shape index (κ2) is 9.01. The van der Waals surface area contributed by atoms with Gasteiger partial charge in [-0.15, -0.1) is 0 Å². The van der Waals surface area contributed by atoms with Crippen LogP contribution in [0, 0.1) is 23.2 Å². The van der Waals surface area contributed by atoms with Crippen LogP contribution in [0.4, 0.5) is 5.69 Å². The number of carbonyl (C=O) groups is 1. The standard InChI is InChI=1S/C26H33N3O6/c1-5-16-14-29-9-8-25-22-20(32-3)7-6-17(13-27)23(22)28-26(25,35-11-10-34-25)21(29)12-18(16)19(15-31-2)24(30)33-4/h6-7,15-16,18,21,28H,5,8-12,14H2,1-4H3/b19-15+/t16-,18+,21+,25+,26+/m1/s1. The minimum absolute atomic E-state index is 0.0767. The molecule has 0 amide bonds. The number of carbonyl (C=O) groups excluding carboxylic acids is 1. The number of esters is 1. The molecule has 5 atom stereocenters. The molecule has 5 rings (SSSR count). The van der Waals surface area contributed by atoms with Gasteiger partial charge >= 0.3 is 5.97 Å². The van der Waals surface area contributed by atoms with Gasteiger partial charge in [-0.1, -0.05) is 13.3 Å². The van der Waals surface area contributed by atoms with E-state index < -0.39 is 11.3 Å². The zero-order valence-corrected chi connectivity index (χ0v) is 20.8. The van der Waals surface area contributed by atoms with E-state index in [2.05, 4.69) is 23.2 Å². The van der Waals surface area contributed by atoms with Gasteiger partial charge in [-0.2, -0.15) is 5.26 Å². The minimum Gasteiger partial charge on any atom is -0.504 e. The predicted octanol–water partition coefficient (Wildman–Crippen LogP) is 2.75. The number of piperidine rings is 2. The minimum atomic E-state index is -0.919. The van der Waals surface area contributed by atoms with Crippen molar-refractivity contribution in [2.75, 3.05) is 52.9 Å². The number of hydrogen-bond acceptors (Lipinski definition) is 9. The molecule has 4 heterocycles. The van der Waals surface area contributed by atoms with Crippen molar-refractivity contribution in [3.63, 3.8) is 0 Å². The van der Waals surface area contributed by atoms with Crippen LogP contribution >= 0.6 is 0 Å². The van der Waals surface area contributed by atoms with Crippen LogP contribution in [0.25, 0.3) is 0 Å². The average Bonchev–Trinajstić information content (AvgIpc) is 3.22. The molecule has 188 valence electrons. The normalized spacial score (nSPS) is 33.8. The molecule has 4 aliphatic rings. The van der Waals surface area contributed by atoms with Gasteiger partial charge in [0, 0.05) is 13.1 Å². The molecule has 0 unspecified atom stereocenters. The van der Waals surface area contributed by atoms with Crippen LogP contribution in [0.5, 0.6) is 5.75 Å². The summed E-state index contributed by atoms with van der Waals surface area (Å²) in [5.74, 6) is 0.487. The highest BCUT2D eigenvalue weighted by Gasteiger charge is 2.71. The molecule has 0 aliphatic carbocycles. The van der Waals surface area contributed by atoms with Gasteiger partial charge in [-0.05, 0) is 36.8 Å². The zero-order chi connectivity index (χ0) is 24.8. The Balaban J connectivity index is 1.64. The summed E-state index contributed by atoms with van der Waals surface area (Å²) < 4.78 is 29.5. The summed E-state index contributed by atoms with van der Waals surface area (Å²) in [5.41, 5.74) is 0.912. The van der Waals surface area contributed by atoms with E-state index in [1.165, 1.54) is 13.4 Å². The lowest BCUT2D eigenvalue weighted by Crippen LogP contribution is -2.75. The van der Waals surface area contributed by atoms with Crippen molar-refractivity contribution >= 4 is 11.7 Å². The summed E-state index contributed by atoms with van der Waals surface area (Å²) in [6.07, 6.45) is 3.79. The van der Waals surface area contributed by atoms with Crippen molar-refractivity contribution < 1.29 is 28.5 Å². The molecule has 1 aromatic rings. The summed E-state index contributed by atoms with van der Waals surface area (Å²) >= 11 is 0. The van der Waals surface area contributed by atoms with Crippen LogP contribution < -0.4 is 10.1 Å². The van der Waals surface area contributed by atoms with Gasteiger partial charge < -0.3 is 29.0 Å². The van der Waals surface area contributed by atoms with Gasteiger partial charge in [0.15, 0.2) is 5.72 Å². The third-order valence-corrected chi connectivity index (χ3v) is 8.35. The third kappa shape index (κ3) is 3.27. The number of fused-ring (bicyclic) bond motifs is 2. The maximum atomic E-state index is 12.8. The smallest absolute Gasteiger partial charge is 0.337 e. The summed E-state index contributed by atoms with van der Waals surface area (Å²) in [7, 11) is 4.58. The number of benzene rings is 1. The van der Waals surface area contributed by atoms with Gasteiger partial charge in [0.05, 0.1) is 69.2 Å². The molecule has 0 aromatic heterocycles. The molecule has 0 saturated carbocycles. The van der Waals surface area contributed by atoms with Gasteiger partial charge in [0.2, 0.25) is 0 Å². The third-order valence-electron chi connectivity index (χ3n) is 8.35. The molecular weight excluding hydrogens is 450 g/mol. The lowest BCUT2D eigenvalue weighted by Gasteiger charge is -2.61. The van der Waals surface area contributed by atoms with Gasteiger partial charge in [-0.25, -0.2) is 4.79 Å². The molecular formula is C26H33N3O6. The number of ether oxygens (including phenoxy) is 5. The first kappa shape index (κ1) is 23.9. The second-order valence-corrected chi connectivity index (χ2v) is 9.63. The Morgan fingerprint density at radius 2 is 2.11 bits per heavy atom. The summed E-state index contributed by atoms with van der Waals surface area (Å²) in [6.45, 7) is 4.65. The molecule has 0 spiro atoms. The van der Waals surface area contributed by atoms with E-state index in [4.69, 9.17) is 23.7 Å². The van der Waals surface area contributed by atoms with Crippen molar-refractivity contribution in [2.45, 2.75) is 43.6 Å². The Labute approximate surface area is 205 Å². The van der Waals surface area contributed by atoms with Gasteiger partial charge in [0.25, 0.3) is 0 Å². The molecule has 1 N–H and O–H groups in total. The first-order chi connectivity index (χ1) is 17.0. The van der Waals surface area contributed by atoms with Crippen LogP contribution in [0.1, 0.15) is 37.3 Å². The Hall–Kier alpha value is -2.80. The first-order valence-corrected chi connectivity index (χ1v) is 12.2. The average molecular weight is 484 g/mol. The molecule has 1 aromatic carbocycles. The summed E-state index contributed by atoms with van der Waals surface area (Å²) in [6, 6.07) is 5.81. The van der Waals surface area contributed by atoms with Gasteiger partial charge in [-0.3, -0.25) is 4.90 Å². The first-order valence-electron chi connectivity index (χ1n) is 12.2. The Morgan fingerprint density at radius 1 is 1.31 bits per heavy atom. The van der Waals surface area contributed by atoms with Crippen LogP contribution in [-0.2, 0) is 29.3 Å². The molecule has 3 saturated heterocycles. The number of nitrogens with zero attached hydrogens (tertiary/aromatic N) is 2. The van der Waals surface area contributed by atoms with E-state index in [-0.39, 0.29) is 23.8 Å². The van der Waals surface area contributed by atoms with E-state index in [0.29, 0.717) is 48.6 Å². The van der Waals surface area contributed by atoms with Crippen LogP contribution in [0.3, 0.4) is 0 Å². The van der Waals surface area contributed by atoms with Crippen LogP contribution in [-0.4, -0.2) is 70.3 Å². The molecule has 0 radical (unpaired) electrons. The fraction of sp³-hybridized carbons (Fsp3) is 0.615. The Bertz CT molecular complexity index is 1080. The number of nitrogens with one attached hydrogen (secondary N) is 1. The lowest BCUT2D eigenvalue weighted by molar-refractivity contribution is -0.297. The summed E-state index contributed by atoms with van der Waals surface area (Å²) in [4.78, 5) is 15.2. The van der Waals surface area contributed by atoms with E-state index in [1.54, 1.807) is 20.3 Å². The van der Waals surface area contributed by atoms with E-state index >= 15 is 0 Å². The molecule has 9 nitrogen and oxygen atoms in total. The highest BCUT2D eigenvalue weighted by Crippen LogP contribution is 2.62. The van der Waals surface area contributed by atoms with E-state index in [0.717, 1.165) is 25.1 Å². The SMILES string of the molecule is CC[C@@H]1CN2CC[C@@]34OCCO[C@@]3(Nc3c(C#N)ccc(OC)c34)[C@@H]2C[C@@H]1/C(=C\OC)C(=O)OC. The highest BCUT2D eigenvalue weighted by molar-refractivity contribution is 5.88. The molecule has 0 bridgehead atoms. The highest BCUT2D eigenvalue weighted by atomic mass is 16.6. The summed E-state index contributed by atoms with van der Waals surface area (Å²) in [5, 5.41) is 13.5. The molecule has 4 aliphatic heterocycles. The number of hydrogen-bond donors (Lipinski definition) is 1. The molecule has 35 heavy (non-hydrogen) atoms. The molecule has 9 heteroatoms. The Morgan fingerprint density at radius 3 is 2.80 bits per heavy atom. The number of rotatable bonds is 5. The maximum Gasteiger partial charge on any atom is 0.337 e. The number of nitriles is 1. The Kier molecular flexibility index (Phi) is 6.16. The van der Waals surface area contributed by atoms with E-state index in [1.807, 2.05) is 6.07 Å². The molecule has 3 fully saturated rings. The lowest BCUT2D eigenvalue weighted by atomic mass is 9.67. The van der Waals surface area contributed by atoms with Crippen LogP contribution in [0.15, 0.2) is 24.0 Å². The van der Waals surface area contributed by atoms with E-state index in [9.17, 15) is 10.1 Å². The largest absolute Gasteiger partial charge is 0.504 e. The predicted molar refractivity (Wildman–Crippen MR) is 127 cm³/mol. The van der Waals surface area contributed by atoms with Crippen molar-refractivity contribution in [2.24, 2.45) is 11.8 Å². The van der Waals surface area contributed by atoms with Crippen molar-refractivity contribution in [3.8, 4) is 11.8 Å². The van der Waals surface area contributed by atoms with Crippen molar-refractivity contribution in [3.05, 3.63) is 35.1 Å². The topological polar surface area (TPSA) is 102 Å². The number of anilines is 1. The fourth-order valence-corrected chi connectivity index (χ4v) is 6.87. The maximum absolute atomic E-state index is 12.8. The quantitative estimate of drug-likeness (QED) is 0.385. The second-order valence-electron chi connectivity index (χ2n) is 9.63. The number of methoxy groups -OCH3 is 3. The van der Waals surface area contributed by atoms with Crippen molar-refractivity contribution in [1.82, 2.24) is 4.90 Å². The van der Waals surface area contributed by atoms with Crippen molar-refractivity contribution in [1.29, 1.82) is 5.26 Å². The monoisotopic (exact) mass is 483 g/mol.